The second-order valence-electron chi connectivity index (χ2n) is 10.4. The van der Waals surface area contributed by atoms with E-state index in [0.29, 0.717) is 24.4 Å². The summed E-state index contributed by atoms with van der Waals surface area (Å²) in [5.41, 5.74) is 2.10. The molecule has 4 rings (SSSR count). The van der Waals surface area contributed by atoms with Crippen LogP contribution in [0.1, 0.15) is 33.3 Å². The van der Waals surface area contributed by atoms with Gasteiger partial charge in [-0.15, -0.1) is 0 Å². The van der Waals surface area contributed by atoms with E-state index < -0.39 is 11.6 Å². The summed E-state index contributed by atoms with van der Waals surface area (Å²) in [6.45, 7) is 10.7. The Bertz CT molecular complexity index is 1290. The molecular weight excluding hydrogens is 486 g/mol. The molecule has 2 aliphatic rings. The number of piperazine rings is 1. The van der Waals surface area contributed by atoms with Crippen molar-refractivity contribution in [1.82, 2.24) is 19.7 Å². The van der Waals surface area contributed by atoms with Crippen LogP contribution in [0.5, 0.6) is 0 Å². The molecule has 0 saturated carbocycles. The summed E-state index contributed by atoms with van der Waals surface area (Å²) in [5, 5.41) is 2.63. The van der Waals surface area contributed by atoms with Crippen LogP contribution in [0.15, 0.2) is 58.9 Å². The van der Waals surface area contributed by atoms with Gasteiger partial charge in [0.05, 0.1) is 17.3 Å². The molecule has 1 N–H and O–H groups in total. The number of aliphatic imine (C=N–C) groups is 1. The zero-order valence-corrected chi connectivity index (χ0v) is 22.9. The molecule has 0 radical (unpaired) electrons. The number of rotatable bonds is 6. The molecule has 1 aromatic carbocycles. The number of nitrogens with zero attached hydrogens (tertiary/aromatic N) is 5. The summed E-state index contributed by atoms with van der Waals surface area (Å²) in [7, 11) is 4.09. The number of pyridine rings is 1. The molecule has 3 heterocycles. The van der Waals surface area contributed by atoms with Crippen LogP contribution in [0, 0.1) is 17.6 Å². The number of allylic oxidation sites excluding steroid dienone is 2. The Morgan fingerprint density at radius 3 is 2.58 bits per heavy atom. The number of hydrogen-bond acceptors (Lipinski definition) is 5. The second-order valence-corrected chi connectivity index (χ2v) is 10.4. The molecule has 2 atom stereocenters. The van der Waals surface area contributed by atoms with Crippen molar-refractivity contribution >= 4 is 18.1 Å². The summed E-state index contributed by atoms with van der Waals surface area (Å²) >= 11 is 0. The van der Waals surface area contributed by atoms with Crippen LogP contribution in [0.3, 0.4) is 0 Å². The molecule has 0 bridgehead atoms. The molecule has 38 heavy (non-hydrogen) atoms. The standard InChI is InChI=1S/C29H36F2N6O/c1-18(2)27-25(19(3)11-12-36(27)6)34-29(37-14-13-35(5)16-20(37)4)22-15-24(31)26(33-28(22)32-17-38)21-9-7-8-10-23(21)30/h7-12,15,17-18,20,27H,13-14,16H2,1-6H3,(H,32,33,38). The van der Waals surface area contributed by atoms with E-state index in [0.717, 1.165) is 24.4 Å². The molecule has 2 aromatic rings. The average Bonchev–Trinajstić information content (AvgIpc) is 2.86. The topological polar surface area (TPSA) is 64.1 Å². The Morgan fingerprint density at radius 2 is 1.92 bits per heavy atom. The number of anilines is 1. The number of likely N-dealkylation sites (N-methyl/N-ethyl adjacent to an activating group) is 2. The van der Waals surface area contributed by atoms with Crippen LogP contribution in [-0.4, -0.2) is 77.7 Å². The third kappa shape index (κ3) is 5.48. The summed E-state index contributed by atoms with van der Waals surface area (Å²) in [6, 6.07) is 7.27. The lowest BCUT2D eigenvalue weighted by atomic mass is 9.94. The fraction of sp³-hybridized carbons (Fsp3) is 0.414. The molecule has 1 fully saturated rings. The highest BCUT2D eigenvalue weighted by molar-refractivity contribution is 6.05. The van der Waals surface area contributed by atoms with Crippen molar-refractivity contribution in [1.29, 1.82) is 0 Å². The highest BCUT2D eigenvalue weighted by atomic mass is 19.1. The number of aromatic nitrogens is 1. The molecule has 0 aliphatic carbocycles. The number of carbonyl (C=O) groups is 1. The smallest absolute Gasteiger partial charge is 0.212 e. The first-order valence-corrected chi connectivity index (χ1v) is 12.9. The van der Waals surface area contributed by atoms with E-state index in [1.165, 1.54) is 24.3 Å². The minimum Gasteiger partial charge on any atom is -0.372 e. The van der Waals surface area contributed by atoms with Crippen LogP contribution in [0.25, 0.3) is 11.3 Å². The first kappa shape index (κ1) is 27.4. The predicted molar refractivity (Wildman–Crippen MR) is 148 cm³/mol. The Hall–Kier alpha value is -3.59. The van der Waals surface area contributed by atoms with E-state index in [2.05, 4.69) is 52.8 Å². The number of halogens is 2. The van der Waals surface area contributed by atoms with E-state index in [-0.39, 0.29) is 35.1 Å². The number of amidine groups is 1. The lowest BCUT2D eigenvalue weighted by Crippen LogP contribution is -2.53. The van der Waals surface area contributed by atoms with Crippen molar-refractivity contribution in [3.05, 3.63) is 71.1 Å². The highest BCUT2D eigenvalue weighted by Gasteiger charge is 2.32. The van der Waals surface area contributed by atoms with E-state index >= 15 is 4.39 Å². The largest absolute Gasteiger partial charge is 0.372 e. The van der Waals surface area contributed by atoms with Gasteiger partial charge in [-0.25, -0.2) is 18.8 Å². The molecule has 2 aliphatic heterocycles. The summed E-state index contributed by atoms with van der Waals surface area (Å²) in [6.07, 6.45) is 4.56. The van der Waals surface area contributed by atoms with Gasteiger partial charge in [-0.3, -0.25) is 4.79 Å². The highest BCUT2D eigenvalue weighted by Crippen LogP contribution is 2.32. The second kappa shape index (κ2) is 11.4. The van der Waals surface area contributed by atoms with Crippen molar-refractivity contribution in [2.24, 2.45) is 10.9 Å². The maximum Gasteiger partial charge on any atom is 0.212 e. The van der Waals surface area contributed by atoms with Crippen LogP contribution in [0.4, 0.5) is 14.6 Å². The molecule has 0 spiro atoms. The van der Waals surface area contributed by atoms with Crippen LogP contribution in [0.2, 0.25) is 0 Å². The van der Waals surface area contributed by atoms with Gasteiger partial charge in [0.25, 0.3) is 0 Å². The van der Waals surface area contributed by atoms with Crippen molar-refractivity contribution in [2.45, 2.75) is 39.8 Å². The van der Waals surface area contributed by atoms with E-state index in [4.69, 9.17) is 4.99 Å². The van der Waals surface area contributed by atoms with Gasteiger partial charge in [0.2, 0.25) is 6.41 Å². The maximum atomic E-state index is 15.7. The Morgan fingerprint density at radius 1 is 1.18 bits per heavy atom. The van der Waals surface area contributed by atoms with Gasteiger partial charge >= 0.3 is 0 Å². The monoisotopic (exact) mass is 522 g/mol. The molecular formula is C29H36F2N6O. The first-order chi connectivity index (χ1) is 18.1. The van der Waals surface area contributed by atoms with Crippen molar-refractivity contribution < 1.29 is 13.6 Å². The van der Waals surface area contributed by atoms with Crippen LogP contribution in [-0.2, 0) is 4.79 Å². The first-order valence-electron chi connectivity index (χ1n) is 12.9. The number of nitrogens with one attached hydrogen (secondary N) is 1. The summed E-state index contributed by atoms with van der Waals surface area (Å²) in [4.78, 5) is 27.8. The minimum atomic E-state index is -0.692. The lowest BCUT2D eigenvalue weighted by Gasteiger charge is -2.41. The number of amides is 1. The molecule has 202 valence electrons. The summed E-state index contributed by atoms with van der Waals surface area (Å²) in [5.74, 6) is -0.366. The Balaban J connectivity index is 1.95. The fourth-order valence-electron chi connectivity index (χ4n) is 5.29. The average molecular weight is 523 g/mol. The molecule has 9 heteroatoms. The third-order valence-electron chi connectivity index (χ3n) is 7.18. The van der Waals surface area contributed by atoms with Gasteiger partial charge in [-0.1, -0.05) is 26.0 Å². The van der Waals surface area contributed by atoms with Crippen molar-refractivity contribution in [2.75, 3.05) is 39.0 Å². The Kier molecular flexibility index (Phi) is 8.26. The molecule has 2 unspecified atom stereocenters. The zero-order valence-electron chi connectivity index (χ0n) is 22.9. The van der Waals surface area contributed by atoms with E-state index in [1.54, 1.807) is 6.07 Å². The van der Waals surface area contributed by atoms with Crippen molar-refractivity contribution in [3.63, 3.8) is 0 Å². The van der Waals surface area contributed by atoms with Gasteiger partial charge in [-0.05, 0) is 62.9 Å². The van der Waals surface area contributed by atoms with Crippen LogP contribution < -0.4 is 5.32 Å². The zero-order chi connectivity index (χ0) is 27.6. The lowest BCUT2D eigenvalue weighted by molar-refractivity contribution is -0.105. The molecule has 1 amide bonds. The number of hydrogen-bond donors (Lipinski definition) is 1. The minimum absolute atomic E-state index is 0.00995. The van der Waals surface area contributed by atoms with Gasteiger partial charge in [0.1, 0.15) is 29.0 Å². The molecule has 1 aromatic heterocycles. The van der Waals surface area contributed by atoms with Gasteiger partial charge < -0.3 is 20.0 Å². The summed E-state index contributed by atoms with van der Waals surface area (Å²) < 4.78 is 30.3. The molecule has 1 saturated heterocycles. The SMILES string of the molecule is CC1=C(N=C(c2cc(F)c(-c3ccccc3F)nc2NC=O)N2CCN(C)CC2C)C(C(C)C)N(C)C=C1. The van der Waals surface area contributed by atoms with Gasteiger partial charge in [0, 0.05) is 38.3 Å². The van der Waals surface area contributed by atoms with Crippen molar-refractivity contribution in [3.8, 4) is 11.3 Å². The van der Waals surface area contributed by atoms with E-state index in [1.807, 2.05) is 26.2 Å². The Labute approximate surface area is 223 Å². The van der Waals surface area contributed by atoms with Gasteiger partial charge in [0.15, 0.2) is 0 Å². The number of carbonyl (C=O) groups excluding carboxylic acids is 1. The third-order valence-corrected chi connectivity index (χ3v) is 7.18. The van der Waals surface area contributed by atoms with E-state index in [9.17, 15) is 9.18 Å². The van der Waals surface area contributed by atoms with Crippen LogP contribution >= 0.6 is 0 Å². The predicted octanol–water partition coefficient (Wildman–Crippen LogP) is 4.74. The van der Waals surface area contributed by atoms with Gasteiger partial charge in [-0.2, -0.15) is 0 Å². The number of benzene rings is 1. The normalized spacial score (nSPS) is 20.9. The fourth-order valence-corrected chi connectivity index (χ4v) is 5.29. The quantitative estimate of drug-likeness (QED) is 0.338. The maximum absolute atomic E-state index is 15.7. The molecule has 7 nitrogen and oxygen atoms in total.